The summed E-state index contributed by atoms with van der Waals surface area (Å²) in [5.74, 6) is -0.207. The minimum atomic E-state index is -0.430. The normalized spacial score (nSPS) is 19.1. The number of carbonyl (C=O) groups excluding carboxylic acids is 3. The molecule has 2 heterocycles. The molecule has 33 heavy (non-hydrogen) atoms. The van der Waals surface area contributed by atoms with Crippen molar-refractivity contribution in [2.45, 2.75) is 51.0 Å². The second-order valence-electron chi connectivity index (χ2n) is 8.53. The predicted octanol–water partition coefficient (Wildman–Crippen LogP) is 3.10. The average molecular weight is 472 g/mol. The lowest BCUT2D eigenvalue weighted by molar-refractivity contribution is -0.127. The van der Waals surface area contributed by atoms with E-state index in [9.17, 15) is 14.4 Å². The SMILES string of the molecule is COc1ccc(NC(=O)c2nnc(C(=O)N3CCCC(C(=O)NC4CCCCC4)C3)s2)cc1. The third kappa shape index (κ3) is 5.87. The minimum absolute atomic E-state index is 0.0382. The molecule has 0 radical (unpaired) electrons. The highest BCUT2D eigenvalue weighted by Gasteiger charge is 2.32. The van der Waals surface area contributed by atoms with Gasteiger partial charge in [-0.25, -0.2) is 0 Å². The molecule has 0 bridgehead atoms. The maximum absolute atomic E-state index is 13.0. The zero-order chi connectivity index (χ0) is 23.2. The summed E-state index contributed by atoms with van der Waals surface area (Å²) in [4.78, 5) is 39.9. The van der Waals surface area contributed by atoms with Crippen LogP contribution < -0.4 is 15.4 Å². The standard InChI is InChI=1S/C23H29N5O4S/c1-32-18-11-9-17(10-12-18)25-20(30)21-26-27-22(33-21)23(31)28-13-5-6-15(14-28)19(29)24-16-7-3-2-4-8-16/h9-12,15-16H,2-8,13-14H2,1H3,(H,24,29)(H,25,30). The van der Waals surface area contributed by atoms with Crippen LogP contribution in [-0.4, -0.2) is 59.1 Å². The Morgan fingerprint density at radius 1 is 1.00 bits per heavy atom. The summed E-state index contributed by atoms with van der Waals surface area (Å²) < 4.78 is 5.11. The maximum atomic E-state index is 13.0. The molecule has 2 aliphatic rings. The molecule has 1 aliphatic heterocycles. The monoisotopic (exact) mass is 471 g/mol. The third-order valence-electron chi connectivity index (χ3n) is 6.18. The number of methoxy groups -OCH3 is 1. The lowest BCUT2D eigenvalue weighted by Crippen LogP contribution is -2.47. The lowest BCUT2D eigenvalue weighted by Gasteiger charge is -2.33. The number of nitrogens with zero attached hydrogens (tertiary/aromatic N) is 3. The van der Waals surface area contributed by atoms with Gasteiger partial charge in [0.05, 0.1) is 13.0 Å². The summed E-state index contributed by atoms with van der Waals surface area (Å²) in [5, 5.41) is 14.0. The van der Waals surface area contributed by atoms with Crippen LogP contribution in [0.2, 0.25) is 0 Å². The van der Waals surface area contributed by atoms with Crippen molar-refractivity contribution in [3.63, 3.8) is 0 Å². The van der Waals surface area contributed by atoms with Gasteiger partial charge in [0, 0.05) is 24.8 Å². The summed E-state index contributed by atoms with van der Waals surface area (Å²) >= 11 is 0.957. The molecule has 2 N–H and O–H groups in total. The zero-order valence-electron chi connectivity index (χ0n) is 18.7. The van der Waals surface area contributed by atoms with Crippen molar-refractivity contribution in [3.8, 4) is 5.75 Å². The van der Waals surface area contributed by atoms with Crippen molar-refractivity contribution in [1.29, 1.82) is 0 Å². The number of anilines is 1. The molecule has 1 aromatic carbocycles. The van der Waals surface area contributed by atoms with Crippen LogP contribution in [-0.2, 0) is 4.79 Å². The van der Waals surface area contributed by atoms with E-state index >= 15 is 0 Å². The van der Waals surface area contributed by atoms with Crippen LogP contribution in [0.25, 0.3) is 0 Å². The van der Waals surface area contributed by atoms with E-state index in [1.807, 2.05) is 0 Å². The van der Waals surface area contributed by atoms with Gasteiger partial charge in [-0.3, -0.25) is 14.4 Å². The van der Waals surface area contributed by atoms with Gasteiger partial charge in [0.25, 0.3) is 11.8 Å². The Hall–Kier alpha value is -3.01. The highest BCUT2D eigenvalue weighted by atomic mass is 32.1. The Kier molecular flexibility index (Phi) is 7.54. The Morgan fingerprint density at radius 2 is 1.73 bits per heavy atom. The van der Waals surface area contributed by atoms with Crippen molar-refractivity contribution in [3.05, 3.63) is 34.3 Å². The van der Waals surface area contributed by atoms with Crippen LogP contribution in [0.4, 0.5) is 5.69 Å². The van der Waals surface area contributed by atoms with Crippen LogP contribution in [0, 0.1) is 5.92 Å². The lowest BCUT2D eigenvalue weighted by atomic mass is 9.93. The number of hydrogen-bond acceptors (Lipinski definition) is 7. The highest BCUT2D eigenvalue weighted by molar-refractivity contribution is 7.15. The number of piperidine rings is 1. The Balaban J connectivity index is 1.33. The van der Waals surface area contributed by atoms with Gasteiger partial charge >= 0.3 is 0 Å². The number of carbonyl (C=O) groups is 3. The molecule has 0 spiro atoms. The smallest absolute Gasteiger partial charge is 0.286 e. The van der Waals surface area contributed by atoms with E-state index in [2.05, 4.69) is 20.8 Å². The molecule has 4 rings (SSSR count). The van der Waals surface area contributed by atoms with Crippen molar-refractivity contribution in [2.24, 2.45) is 5.92 Å². The van der Waals surface area contributed by atoms with Gasteiger partial charge in [-0.05, 0) is 49.9 Å². The second-order valence-corrected chi connectivity index (χ2v) is 9.51. The van der Waals surface area contributed by atoms with E-state index < -0.39 is 5.91 Å². The quantitative estimate of drug-likeness (QED) is 0.669. The molecule has 1 aromatic heterocycles. The second kappa shape index (κ2) is 10.7. The Labute approximate surface area is 196 Å². The van der Waals surface area contributed by atoms with Crippen molar-refractivity contribution < 1.29 is 19.1 Å². The van der Waals surface area contributed by atoms with E-state index in [1.165, 1.54) is 6.42 Å². The zero-order valence-corrected chi connectivity index (χ0v) is 19.5. The molecule has 10 heteroatoms. The van der Waals surface area contributed by atoms with Gasteiger partial charge < -0.3 is 20.3 Å². The Morgan fingerprint density at radius 3 is 2.45 bits per heavy atom. The van der Waals surface area contributed by atoms with E-state index in [1.54, 1.807) is 36.3 Å². The topological polar surface area (TPSA) is 114 Å². The number of likely N-dealkylation sites (tertiary alicyclic amines) is 1. The first-order chi connectivity index (χ1) is 16.0. The van der Waals surface area contributed by atoms with E-state index in [4.69, 9.17) is 4.74 Å². The molecule has 1 atom stereocenters. The molecule has 1 saturated carbocycles. The summed E-state index contributed by atoms with van der Waals surface area (Å²) in [5.41, 5.74) is 0.590. The largest absolute Gasteiger partial charge is 0.497 e. The van der Waals surface area contributed by atoms with E-state index in [0.29, 0.717) is 24.5 Å². The van der Waals surface area contributed by atoms with Gasteiger partial charge in [-0.2, -0.15) is 0 Å². The molecule has 1 unspecified atom stereocenters. The molecule has 1 saturated heterocycles. The number of hydrogen-bond donors (Lipinski definition) is 2. The van der Waals surface area contributed by atoms with Gasteiger partial charge in [0.15, 0.2) is 0 Å². The van der Waals surface area contributed by atoms with Crippen LogP contribution in [0.5, 0.6) is 5.75 Å². The number of rotatable bonds is 6. The fraction of sp³-hybridized carbons (Fsp3) is 0.522. The fourth-order valence-corrected chi connectivity index (χ4v) is 5.04. The summed E-state index contributed by atoms with van der Waals surface area (Å²) in [6.45, 7) is 0.934. The van der Waals surface area contributed by atoms with Gasteiger partial charge in [0.1, 0.15) is 5.75 Å². The maximum Gasteiger partial charge on any atom is 0.286 e. The summed E-state index contributed by atoms with van der Waals surface area (Å²) in [7, 11) is 1.57. The number of aromatic nitrogens is 2. The van der Waals surface area contributed by atoms with Crippen molar-refractivity contribution in [2.75, 3.05) is 25.5 Å². The molecule has 176 valence electrons. The predicted molar refractivity (Wildman–Crippen MR) is 124 cm³/mol. The summed E-state index contributed by atoms with van der Waals surface area (Å²) in [6.07, 6.45) is 7.16. The molecule has 2 aromatic rings. The number of nitrogens with one attached hydrogen (secondary N) is 2. The van der Waals surface area contributed by atoms with E-state index in [0.717, 1.165) is 49.9 Å². The number of benzene rings is 1. The van der Waals surface area contributed by atoms with Crippen molar-refractivity contribution in [1.82, 2.24) is 20.4 Å². The van der Waals surface area contributed by atoms with Crippen molar-refractivity contribution >= 4 is 34.7 Å². The average Bonchev–Trinajstić information content (AvgIpc) is 3.35. The number of amides is 3. The fourth-order valence-electron chi connectivity index (χ4n) is 4.34. The van der Waals surface area contributed by atoms with Crippen LogP contribution in [0.3, 0.4) is 0 Å². The number of ether oxygens (including phenoxy) is 1. The van der Waals surface area contributed by atoms with E-state index in [-0.39, 0.29) is 33.8 Å². The molecule has 9 nitrogen and oxygen atoms in total. The van der Waals surface area contributed by atoms with Gasteiger partial charge in [-0.1, -0.05) is 30.6 Å². The first-order valence-electron chi connectivity index (χ1n) is 11.4. The van der Waals surface area contributed by atoms with Crippen LogP contribution in [0.15, 0.2) is 24.3 Å². The highest BCUT2D eigenvalue weighted by Crippen LogP contribution is 2.23. The Bertz CT molecular complexity index is 987. The minimum Gasteiger partial charge on any atom is -0.497 e. The first-order valence-corrected chi connectivity index (χ1v) is 12.2. The molecular weight excluding hydrogens is 442 g/mol. The molecule has 1 aliphatic carbocycles. The molecule has 3 amide bonds. The first kappa shape index (κ1) is 23.2. The van der Waals surface area contributed by atoms with Crippen LogP contribution >= 0.6 is 11.3 Å². The molecular formula is C23H29N5O4S. The van der Waals surface area contributed by atoms with Crippen LogP contribution in [0.1, 0.15) is 64.6 Å². The van der Waals surface area contributed by atoms with Gasteiger partial charge in [0.2, 0.25) is 15.9 Å². The molecule has 2 fully saturated rings. The third-order valence-corrected chi connectivity index (χ3v) is 7.09. The summed E-state index contributed by atoms with van der Waals surface area (Å²) in [6, 6.07) is 7.17. The van der Waals surface area contributed by atoms with Gasteiger partial charge in [-0.15, -0.1) is 10.2 Å².